The number of hydrogen-bond donors (Lipinski definition) is 1. The van der Waals surface area contributed by atoms with E-state index in [1.807, 2.05) is 30.5 Å². The first kappa shape index (κ1) is 19.9. The number of ether oxygens (including phenoxy) is 1. The predicted molar refractivity (Wildman–Crippen MR) is 122 cm³/mol. The molecule has 0 spiro atoms. The molecular weight excluding hydrogens is 412 g/mol. The molecule has 0 saturated heterocycles. The van der Waals surface area contributed by atoms with Crippen LogP contribution in [0.1, 0.15) is 44.7 Å². The van der Waals surface area contributed by atoms with Gasteiger partial charge in [0.1, 0.15) is 6.10 Å². The van der Waals surface area contributed by atoms with Gasteiger partial charge >= 0.3 is 6.09 Å². The first-order chi connectivity index (χ1) is 15.1. The van der Waals surface area contributed by atoms with Crippen LogP contribution in [0.4, 0.5) is 15.6 Å². The Kier molecular flexibility index (Phi) is 5.31. The Morgan fingerprint density at radius 1 is 1.16 bits per heavy atom. The van der Waals surface area contributed by atoms with Crippen LogP contribution in [0, 0.1) is 0 Å². The third-order valence-electron chi connectivity index (χ3n) is 5.86. The van der Waals surface area contributed by atoms with Crippen molar-refractivity contribution in [3.05, 3.63) is 36.2 Å². The molecule has 8 heteroatoms. The van der Waals surface area contributed by atoms with Crippen molar-refractivity contribution < 1.29 is 14.3 Å². The molecule has 2 amide bonds. The summed E-state index contributed by atoms with van der Waals surface area (Å²) in [5, 5.41) is 3.32. The molecule has 1 aromatic carbocycles. The van der Waals surface area contributed by atoms with Crippen LogP contribution in [-0.2, 0) is 16.0 Å². The number of carbonyl (C=O) groups excluding carboxylic acids is 2. The van der Waals surface area contributed by atoms with Crippen molar-refractivity contribution in [3.63, 3.8) is 0 Å². The van der Waals surface area contributed by atoms with Gasteiger partial charge in [0.15, 0.2) is 5.13 Å². The maximum atomic E-state index is 12.8. The van der Waals surface area contributed by atoms with Gasteiger partial charge in [-0.1, -0.05) is 23.8 Å². The van der Waals surface area contributed by atoms with E-state index in [1.54, 1.807) is 4.90 Å². The molecule has 0 bridgehead atoms. The van der Waals surface area contributed by atoms with Gasteiger partial charge in [-0.3, -0.25) is 14.7 Å². The lowest BCUT2D eigenvalue weighted by atomic mass is 9.98. The number of nitrogens with one attached hydrogen (secondary N) is 1. The third kappa shape index (κ3) is 4.12. The molecular formula is C23H24N4O3S. The molecule has 0 atom stereocenters. The number of carbonyl (C=O) groups is 2. The summed E-state index contributed by atoms with van der Waals surface area (Å²) in [5.74, 6) is -0.137. The predicted octanol–water partition coefficient (Wildman–Crippen LogP) is 5.15. The fourth-order valence-electron chi connectivity index (χ4n) is 4.29. The molecule has 1 aliphatic carbocycles. The van der Waals surface area contributed by atoms with E-state index in [0.29, 0.717) is 11.7 Å². The van der Waals surface area contributed by atoms with E-state index in [4.69, 9.17) is 4.74 Å². The second-order valence-corrected chi connectivity index (χ2v) is 9.15. The second kappa shape index (κ2) is 8.26. The Morgan fingerprint density at radius 3 is 2.81 bits per heavy atom. The largest absolute Gasteiger partial charge is 0.446 e. The molecule has 1 fully saturated rings. The summed E-state index contributed by atoms with van der Waals surface area (Å²) < 4.78 is 6.77. The van der Waals surface area contributed by atoms with Crippen LogP contribution < -0.4 is 10.2 Å². The number of rotatable bonds is 3. The van der Waals surface area contributed by atoms with E-state index in [1.165, 1.54) is 24.7 Å². The number of nitrogens with zero attached hydrogens (tertiary/aromatic N) is 3. The van der Waals surface area contributed by atoms with Crippen LogP contribution in [0.25, 0.3) is 21.3 Å². The Morgan fingerprint density at radius 2 is 2.00 bits per heavy atom. The zero-order valence-electron chi connectivity index (χ0n) is 17.4. The van der Waals surface area contributed by atoms with Crippen molar-refractivity contribution in [2.45, 2.75) is 51.6 Å². The van der Waals surface area contributed by atoms with Crippen LogP contribution in [0.15, 0.2) is 30.5 Å². The SMILES string of the molecule is CC(=O)Nc1nc2ccc(-c3cnc4c(c3)N(C(=O)OC3CCCCC3)CC4)cc2s1. The average molecular weight is 437 g/mol. The quantitative estimate of drug-likeness (QED) is 0.614. The summed E-state index contributed by atoms with van der Waals surface area (Å²) in [6.07, 6.45) is 7.77. The van der Waals surface area contributed by atoms with Gasteiger partial charge in [0, 0.05) is 31.6 Å². The van der Waals surface area contributed by atoms with E-state index < -0.39 is 0 Å². The van der Waals surface area contributed by atoms with Crippen molar-refractivity contribution in [3.8, 4) is 11.1 Å². The normalized spacial score (nSPS) is 16.4. The van der Waals surface area contributed by atoms with Crippen molar-refractivity contribution in [2.75, 3.05) is 16.8 Å². The molecule has 2 aromatic heterocycles. The van der Waals surface area contributed by atoms with Crippen LogP contribution in [0.5, 0.6) is 0 Å². The van der Waals surface area contributed by atoms with Gasteiger partial charge in [0.05, 0.1) is 21.6 Å². The van der Waals surface area contributed by atoms with Crippen LogP contribution in [0.3, 0.4) is 0 Å². The smallest absolute Gasteiger partial charge is 0.414 e. The van der Waals surface area contributed by atoms with Crippen LogP contribution in [-0.4, -0.2) is 34.6 Å². The first-order valence-electron chi connectivity index (χ1n) is 10.7. The topological polar surface area (TPSA) is 84.4 Å². The number of fused-ring (bicyclic) bond motifs is 2. The van der Waals surface area contributed by atoms with Gasteiger partial charge in [-0.25, -0.2) is 9.78 Å². The molecule has 5 rings (SSSR count). The fourth-order valence-corrected chi connectivity index (χ4v) is 5.24. The average Bonchev–Trinajstić information content (AvgIpc) is 3.36. The molecule has 3 aromatic rings. The minimum atomic E-state index is -0.262. The van der Waals surface area contributed by atoms with Crippen molar-refractivity contribution >= 4 is 44.4 Å². The molecule has 1 N–H and O–H groups in total. The zero-order valence-corrected chi connectivity index (χ0v) is 18.2. The Balaban J connectivity index is 1.39. The summed E-state index contributed by atoms with van der Waals surface area (Å²) in [6.45, 7) is 2.07. The highest BCUT2D eigenvalue weighted by Crippen LogP contribution is 2.35. The maximum Gasteiger partial charge on any atom is 0.414 e. The minimum Gasteiger partial charge on any atom is -0.446 e. The highest BCUT2D eigenvalue weighted by molar-refractivity contribution is 7.22. The van der Waals surface area contributed by atoms with Gasteiger partial charge in [-0.05, 0) is 49.4 Å². The molecule has 0 unspecified atom stereocenters. The number of amides is 2. The lowest BCUT2D eigenvalue weighted by molar-refractivity contribution is -0.114. The first-order valence-corrected chi connectivity index (χ1v) is 11.5. The number of pyridine rings is 1. The molecule has 1 aliphatic heterocycles. The molecule has 31 heavy (non-hydrogen) atoms. The number of benzene rings is 1. The molecule has 2 aliphatic rings. The third-order valence-corrected chi connectivity index (χ3v) is 6.79. The van der Waals surface area contributed by atoms with E-state index in [2.05, 4.69) is 15.3 Å². The summed E-state index contributed by atoms with van der Waals surface area (Å²) >= 11 is 1.44. The molecule has 160 valence electrons. The van der Waals surface area contributed by atoms with Gasteiger partial charge in [-0.15, -0.1) is 0 Å². The lowest BCUT2D eigenvalue weighted by Crippen LogP contribution is -2.33. The maximum absolute atomic E-state index is 12.8. The number of aromatic nitrogens is 2. The van der Waals surface area contributed by atoms with Gasteiger partial charge in [0.2, 0.25) is 5.91 Å². The summed E-state index contributed by atoms with van der Waals surface area (Å²) in [7, 11) is 0. The molecule has 1 saturated carbocycles. The number of anilines is 2. The van der Waals surface area contributed by atoms with Gasteiger partial charge < -0.3 is 10.1 Å². The zero-order chi connectivity index (χ0) is 21.4. The molecule has 3 heterocycles. The van der Waals surface area contributed by atoms with Crippen molar-refractivity contribution in [1.29, 1.82) is 0 Å². The van der Waals surface area contributed by atoms with E-state index >= 15 is 0 Å². The number of thiazole rings is 1. The van der Waals surface area contributed by atoms with Crippen molar-refractivity contribution in [1.82, 2.24) is 9.97 Å². The van der Waals surface area contributed by atoms with E-state index in [9.17, 15) is 9.59 Å². The Bertz CT molecular complexity index is 1150. The summed E-state index contributed by atoms with van der Waals surface area (Å²) in [4.78, 5) is 34.9. The number of hydrogen-bond acceptors (Lipinski definition) is 6. The fraction of sp³-hybridized carbons (Fsp3) is 0.391. The summed E-state index contributed by atoms with van der Waals surface area (Å²) in [5.41, 5.74) is 4.53. The van der Waals surface area contributed by atoms with Crippen molar-refractivity contribution in [2.24, 2.45) is 0 Å². The monoisotopic (exact) mass is 436 g/mol. The van der Waals surface area contributed by atoms with Gasteiger partial charge in [-0.2, -0.15) is 0 Å². The Labute approximate surface area is 184 Å². The highest BCUT2D eigenvalue weighted by atomic mass is 32.1. The van der Waals surface area contributed by atoms with E-state index in [-0.39, 0.29) is 18.1 Å². The van der Waals surface area contributed by atoms with E-state index in [0.717, 1.165) is 64.8 Å². The highest BCUT2D eigenvalue weighted by Gasteiger charge is 2.29. The summed E-state index contributed by atoms with van der Waals surface area (Å²) in [6, 6.07) is 7.99. The van der Waals surface area contributed by atoms with Crippen LogP contribution in [0.2, 0.25) is 0 Å². The van der Waals surface area contributed by atoms with Crippen LogP contribution >= 0.6 is 11.3 Å². The lowest BCUT2D eigenvalue weighted by Gasteiger charge is -2.25. The molecule has 7 nitrogen and oxygen atoms in total. The standard InChI is InChI=1S/C23H24N4O3S/c1-14(28)25-22-26-19-8-7-15(12-21(19)31-22)16-11-20-18(24-13-16)9-10-27(20)23(29)30-17-5-3-2-4-6-17/h7-8,11-13,17H,2-6,9-10H2,1H3,(H,25,26,28). The molecule has 0 radical (unpaired) electrons. The van der Waals surface area contributed by atoms with Gasteiger partial charge in [0.25, 0.3) is 0 Å². The second-order valence-electron chi connectivity index (χ2n) is 8.12. The minimum absolute atomic E-state index is 0.0352. The Hall–Kier alpha value is -3.00.